The van der Waals surface area contributed by atoms with E-state index in [2.05, 4.69) is 4.74 Å². The number of alkyl halides is 3. The number of nitrogens with zero attached hydrogens (tertiary/aromatic N) is 1. The molecule has 0 unspecified atom stereocenters. The third kappa shape index (κ3) is 4.08. The van der Waals surface area contributed by atoms with Gasteiger partial charge in [-0.05, 0) is 59.5 Å². The van der Waals surface area contributed by atoms with Crippen molar-refractivity contribution >= 4 is 21.4 Å². The molecule has 0 amide bonds. The fraction of sp³-hybridized carbons (Fsp3) is 0.333. The molecule has 1 fully saturated rings. The van der Waals surface area contributed by atoms with Gasteiger partial charge in [0.05, 0.1) is 4.90 Å². The van der Waals surface area contributed by atoms with Gasteiger partial charge in [-0.15, -0.1) is 13.2 Å². The Hall–Kier alpha value is -1.58. The van der Waals surface area contributed by atoms with Gasteiger partial charge in [0.2, 0.25) is 10.0 Å². The first kappa shape index (κ1) is 17.2. The van der Waals surface area contributed by atoms with Gasteiger partial charge in [-0.1, -0.05) is 0 Å². The molecule has 0 atom stereocenters. The molecule has 1 aliphatic rings. The predicted molar refractivity (Wildman–Crippen MR) is 83.2 cm³/mol. The summed E-state index contributed by atoms with van der Waals surface area (Å²) in [4.78, 5) is -0.0424. The molecule has 0 spiro atoms. The van der Waals surface area contributed by atoms with Crippen molar-refractivity contribution in [2.24, 2.45) is 0 Å². The summed E-state index contributed by atoms with van der Waals surface area (Å²) in [5, 5.41) is 3.75. The number of halogens is 3. The molecule has 130 valence electrons. The second-order valence-electron chi connectivity index (χ2n) is 5.43. The normalized spacial score (nSPS) is 15.7. The Balaban J connectivity index is 1.82. The molecule has 0 aliphatic heterocycles. The Kier molecular flexibility index (Phi) is 4.58. The first-order valence-corrected chi connectivity index (χ1v) is 9.53. The maximum atomic E-state index is 12.8. The third-order valence-corrected chi connectivity index (χ3v) is 6.18. The smallest absolute Gasteiger partial charge is 0.406 e. The first-order valence-electron chi connectivity index (χ1n) is 7.14. The lowest BCUT2D eigenvalue weighted by Gasteiger charge is -2.21. The fourth-order valence-corrected chi connectivity index (χ4v) is 4.62. The van der Waals surface area contributed by atoms with E-state index in [0.717, 1.165) is 42.7 Å². The summed E-state index contributed by atoms with van der Waals surface area (Å²) in [6.07, 6.45) is -3.23. The number of benzene rings is 1. The number of rotatable bonds is 6. The summed E-state index contributed by atoms with van der Waals surface area (Å²) in [6.45, 7) is 0.261. The highest BCUT2D eigenvalue weighted by atomic mass is 32.2. The van der Waals surface area contributed by atoms with Crippen LogP contribution in [0.15, 0.2) is 46.0 Å². The van der Waals surface area contributed by atoms with Crippen LogP contribution in [-0.2, 0) is 16.6 Å². The van der Waals surface area contributed by atoms with Gasteiger partial charge in [0.25, 0.3) is 0 Å². The van der Waals surface area contributed by atoms with Crippen LogP contribution in [0.3, 0.4) is 0 Å². The van der Waals surface area contributed by atoms with E-state index >= 15 is 0 Å². The van der Waals surface area contributed by atoms with Crippen LogP contribution in [0, 0.1) is 0 Å². The maximum Gasteiger partial charge on any atom is 0.573 e. The van der Waals surface area contributed by atoms with Crippen LogP contribution < -0.4 is 4.74 Å². The molecule has 3 rings (SSSR count). The van der Waals surface area contributed by atoms with Crippen molar-refractivity contribution in [3.05, 3.63) is 46.7 Å². The van der Waals surface area contributed by atoms with Crippen LogP contribution in [0.25, 0.3) is 0 Å². The van der Waals surface area contributed by atoms with E-state index in [1.807, 2.05) is 16.8 Å². The highest BCUT2D eigenvalue weighted by molar-refractivity contribution is 7.89. The molecule has 0 saturated heterocycles. The van der Waals surface area contributed by atoms with Crippen LogP contribution in [-0.4, -0.2) is 25.1 Å². The highest BCUT2D eigenvalue weighted by Crippen LogP contribution is 2.34. The monoisotopic (exact) mass is 377 g/mol. The van der Waals surface area contributed by atoms with Crippen LogP contribution in [0.5, 0.6) is 5.75 Å². The van der Waals surface area contributed by atoms with Gasteiger partial charge in [0, 0.05) is 12.6 Å². The summed E-state index contributed by atoms with van der Waals surface area (Å²) in [5.41, 5.74) is 0.896. The van der Waals surface area contributed by atoms with E-state index < -0.39 is 22.1 Å². The minimum Gasteiger partial charge on any atom is -0.406 e. The Bertz CT molecular complexity index is 782. The molecule has 1 aromatic carbocycles. The highest BCUT2D eigenvalue weighted by Gasteiger charge is 2.38. The summed E-state index contributed by atoms with van der Waals surface area (Å²) in [5.74, 6) is -0.447. The molecular formula is C15H14F3NO3S2. The maximum absolute atomic E-state index is 12.8. The average Bonchev–Trinajstić information content (AvgIpc) is 3.19. The SMILES string of the molecule is O=S(=O)(c1ccc(OC(F)(F)F)cc1)N(Cc1ccsc1)C1CC1. The molecule has 0 bridgehead atoms. The lowest BCUT2D eigenvalue weighted by atomic mass is 10.3. The number of hydrogen-bond acceptors (Lipinski definition) is 4. The number of thiophene rings is 1. The largest absolute Gasteiger partial charge is 0.573 e. The summed E-state index contributed by atoms with van der Waals surface area (Å²) >= 11 is 1.48. The molecule has 4 nitrogen and oxygen atoms in total. The molecule has 1 saturated carbocycles. The van der Waals surface area contributed by atoms with E-state index in [0.29, 0.717) is 0 Å². The van der Waals surface area contributed by atoms with Gasteiger partial charge in [-0.25, -0.2) is 8.42 Å². The van der Waals surface area contributed by atoms with Crippen molar-refractivity contribution in [3.63, 3.8) is 0 Å². The Labute approximate surface area is 141 Å². The topological polar surface area (TPSA) is 46.6 Å². The van der Waals surface area contributed by atoms with Gasteiger partial charge in [0.1, 0.15) is 5.75 Å². The van der Waals surface area contributed by atoms with Gasteiger partial charge in [-0.3, -0.25) is 0 Å². The zero-order valence-electron chi connectivity index (χ0n) is 12.4. The van der Waals surface area contributed by atoms with Crippen molar-refractivity contribution < 1.29 is 26.3 Å². The van der Waals surface area contributed by atoms with Gasteiger partial charge < -0.3 is 4.74 Å². The predicted octanol–water partition coefficient (Wildman–Crippen LogP) is 4.00. The summed E-state index contributed by atoms with van der Waals surface area (Å²) in [7, 11) is -3.77. The Morgan fingerprint density at radius 2 is 1.83 bits per heavy atom. The first-order chi connectivity index (χ1) is 11.3. The quantitative estimate of drug-likeness (QED) is 0.764. The minimum absolute atomic E-state index is 0.0424. The lowest BCUT2D eigenvalue weighted by molar-refractivity contribution is -0.274. The minimum atomic E-state index is -4.81. The van der Waals surface area contributed by atoms with Crippen LogP contribution >= 0.6 is 11.3 Å². The molecule has 1 aliphatic carbocycles. The van der Waals surface area contributed by atoms with Crippen molar-refractivity contribution in [2.45, 2.75) is 36.7 Å². The van der Waals surface area contributed by atoms with Crippen LogP contribution in [0.1, 0.15) is 18.4 Å². The van der Waals surface area contributed by atoms with Gasteiger partial charge >= 0.3 is 6.36 Å². The molecule has 0 N–H and O–H groups in total. The molecule has 1 heterocycles. The van der Waals surface area contributed by atoms with E-state index in [-0.39, 0.29) is 17.5 Å². The zero-order valence-corrected chi connectivity index (χ0v) is 14.0. The second-order valence-corrected chi connectivity index (χ2v) is 8.10. The summed E-state index contributed by atoms with van der Waals surface area (Å²) < 4.78 is 67.3. The van der Waals surface area contributed by atoms with E-state index in [4.69, 9.17) is 0 Å². The standard InChI is InChI=1S/C15H14F3NO3S2/c16-15(17,18)22-13-3-5-14(6-4-13)24(20,21)19(12-1-2-12)9-11-7-8-23-10-11/h3-8,10,12H,1-2,9H2. The van der Waals surface area contributed by atoms with Crippen molar-refractivity contribution in [2.75, 3.05) is 0 Å². The molecule has 1 aromatic heterocycles. The number of ether oxygens (including phenoxy) is 1. The van der Waals surface area contributed by atoms with Crippen molar-refractivity contribution in [1.82, 2.24) is 4.31 Å². The second kappa shape index (κ2) is 6.38. The van der Waals surface area contributed by atoms with E-state index in [1.54, 1.807) is 0 Å². The van der Waals surface area contributed by atoms with E-state index in [9.17, 15) is 21.6 Å². The number of hydrogen-bond donors (Lipinski definition) is 0. The molecule has 0 radical (unpaired) electrons. The van der Waals surface area contributed by atoms with Crippen LogP contribution in [0.2, 0.25) is 0 Å². The molecule has 9 heteroatoms. The van der Waals surface area contributed by atoms with Crippen LogP contribution in [0.4, 0.5) is 13.2 Å². The molecule has 24 heavy (non-hydrogen) atoms. The van der Waals surface area contributed by atoms with Gasteiger partial charge in [0.15, 0.2) is 0 Å². The van der Waals surface area contributed by atoms with Gasteiger partial charge in [-0.2, -0.15) is 15.6 Å². The zero-order chi connectivity index (χ0) is 17.4. The molecular weight excluding hydrogens is 363 g/mol. The fourth-order valence-electron chi connectivity index (χ4n) is 2.28. The molecule has 2 aromatic rings. The van der Waals surface area contributed by atoms with Crippen molar-refractivity contribution in [3.8, 4) is 5.75 Å². The number of sulfonamides is 1. The average molecular weight is 377 g/mol. The Morgan fingerprint density at radius 3 is 2.33 bits per heavy atom. The summed E-state index contributed by atoms with van der Waals surface area (Å²) in [6, 6.07) is 6.10. The van der Waals surface area contributed by atoms with E-state index in [1.165, 1.54) is 15.6 Å². The lowest BCUT2D eigenvalue weighted by Crippen LogP contribution is -2.32. The third-order valence-electron chi connectivity index (χ3n) is 3.54. The van der Waals surface area contributed by atoms with Crippen molar-refractivity contribution in [1.29, 1.82) is 0 Å². The Morgan fingerprint density at radius 1 is 1.17 bits per heavy atom.